The van der Waals surface area contributed by atoms with E-state index < -0.39 is 0 Å². The van der Waals surface area contributed by atoms with Crippen molar-refractivity contribution in [3.8, 4) is 0 Å². The number of thiol groups is 1. The van der Waals surface area contributed by atoms with E-state index in [2.05, 4.69) is 51.3 Å². The molecule has 0 saturated heterocycles. The average Bonchev–Trinajstić information content (AvgIpc) is 2.03. The van der Waals surface area contributed by atoms with Crippen LogP contribution in [0.3, 0.4) is 0 Å². The van der Waals surface area contributed by atoms with Crippen molar-refractivity contribution in [2.24, 2.45) is 0 Å². The van der Waals surface area contributed by atoms with Gasteiger partial charge in [0.05, 0.1) is 0 Å². The Morgan fingerprint density at radius 2 is 2.23 bits per heavy atom. The average molecular weight is 313 g/mol. The topological polar surface area (TPSA) is 60.6 Å². The third kappa shape index (κ3) is 2.46. The van der Waals surface area contributed by atoms with Crippen LogP contribution < -0.4 is 4.35 Å². The van der Waals surface area contributed by atoms with Crippen LogP contribution in [0.25, 0.3) is 0 Å². The van der Waals surface area contributed by atoms with Gasteiger partial charge in [-0.3, -0.25) is 0 Å². The molecule has 0 atom stereocenters. The molecule has 1 aromatic heterocycles. The predicted octanol–water partition coefficient (Wildman–Crippen LogP) is -0.344. The Hall–Kier alpha value is -0.0431. The monoisotopic (exact) mass is 313 g/mol. The van der Waals surface area contributed by atoms with Crippen LogP contribution in [0.15, 0.2) is 11.0 Å². The van der Waals surface area contributed by atoms with Crippen LogP contribution in [0.1, 0.15) is 11.4 Å². The summed E-state index contributed by atoms with van der Waals surface area (Å²) in [6.07, 6.45) is 1.17. The number of nitrogens with one attached hydrogen (secondary N) is 2. The summed E-state index contributed by atoms with van der Waals surface area (Å²) in [5.41, 5.74) is 1.07. The van der Waals surface area contributed by atoms with Crippen LogP contribution in [-0.4, -0.2) is 49.4 Å². The van der Waals surface area contributed by atoms with Crippen LogP contribution in [0.2, 0.25) is 0 Å². The molecule has 4 radical (unpaired) electrons. The van der Waals surface area contributed by atoms with Crippen molar-refractivity contribution >= 4 is 61.4 Å². The van der Waals surface area contributed by atoms with Crippen molar-refractivity contribution < 1.29 is 0 Å². The Balaban J connectivity index is 3.38. The van der Waals surface area contributed by atoms with Gasteiger partial charge in [0, 0.05) is 0 Å². The van der Waals surface area contributed by atoms with E-state index in [0.717, 1.165) is 4.35 Å². The molecule has 1 rings (SSSR count). The molecule has 0 amide bonds. The Morgan fingerprint density at radius 1 is 1.62 bits per heavy atom. The van der Waals surface area contributed by atoms with Crippen LogP contribution in [0.4, 0.5) is 0 Å². The van der Waals surface area contributed by atoms with Gasteiger partial charge in [0.1, 0.15) is 0 Å². The maximum atomic E-state index is 7.40. The number of aromatic nitrogens is 1. The Bertz CT molecular complexity index is 378. The van der Waals surface area contributed by atoms with Gasteiger partial charge in [-0.1, -0.05) is 0 Å². The minimum absolute atomic E-state index is 0.299. The molecule has 0 saturated carbocycles. The van der Waals surface area contributed by atoms with Crippen molar-refractivity contribution in [3.05, 3.63) is 17.5 Å². The SMILES string of the molecule is N=Cc1nc(C(=N)[As])c(S)cc1[As]. The van der Waals surface area contributed by atoms with E-state index in [9.17, 15) is 0 Å². The van der Waals surface area contributed by atoms with E-state index in [1.54, 1.807) is 6.07 Å². The van der Waals surface area contributed by atoms with Gasteiger partial charge in [-0.15, -0.1) is 0 Å². The third-order valence-corrected chi connectivity index (χ3v) is 2.91. The van der Waals surface area contributed by atoms with Gasteiger partial charge in [0.15, 0.2) is 0 Å². The zero-order chi connectivity index (χ0) is 10.0. The summed E-state index contributed by atoms with van der Waals surface area (Å²) in [6.45, 7) is 0. The van der Waals surface area contributed by atoms with Crippen LogP contribution in [0.5, 0.6) is 0 Å². The van der Waals surface area contributed by atoms with Gasteiger partial charge < -0.3 is 0 Å². The number of hydrogen-bond acceptors (Lipinski definition) is 4. The normalized spacial score (nSPS) is 9.77. The summed E-state index contributed by atoms with van der Waals surface area (Å²) in [7, 11) is 0. The van der Waals surface area contributed by atoms with Crippen LogP contribution >= 0.6 is 12.6 Å². The van der Waals surface area contributed by atoms with E-state index in [1.165, 1.54) is 6.21 Å². The Morgan fingerprint density at radius 3 is 2.69 bits per heavy atom. The first-order chi connectivity index (χ1) is 6.06. The van der Waals surface area contributed by atoms with Gasteiger partial charge >= 0.3 is 99.6 Å². The van der Waals surface area contributed by atoms with E-state index in [0.29, 0.717) is 20.8 Å². The second-order valence-electron chi connectivity index (χ2n) is 2.25. The molecule has 0 spiro atoms. The molecule has 2 N–H and O–H groups in total. The van der Waals surface area contributed by atoms with Crippen molar-refractivity contribution in [1.29, 1.82) is 10.8 Å². The molecule has 6 heteroatoms. The van der Waals surface area contributed by atoms with Crippen molar-refractivity contribution in [3.63, 3.8) is 0 Å². The molecule has 13 heavy (non-hydrogen) atoms. The van der Waals surface area contributed by atoms with Gasteiger partial charge in [-0.2, -0.15) is 0 Å². The standard InChI is InChI=1S/C7H5As2N3S/c8-3-1-5(13)6(7(9)11)12-4(3)2-10/h1-2,10-11,13H. The fourth-order valence-corrected chi connectivity index (χ4v) is 2.36. The molecule has 0 bridgehead atoms. The zero-order valence-electron chi connectivity index (χ0n) is 6.44. The number of hydrogen-bond donors (Lipinski definition) is 3. The van der Waals surface area contributed by atoms with Crippen molar-refractivity contribution in [2.75, 3.05) is 0 Å². The first-order valence-electron chi connectivity index (χ1n) is 3.27. The summed E-state index contributed by atoms with van der Waals surface area (Å²) in [4.78, 5) is 4.77. The fourth-order valence-electron chi connectivity index (χ4n) is 0.787. The Labute approximate surface area is 99.1 Å². The van der Waals surface area contributed by atoms with E-state index in [1.807, 2.05) is 0 Å². The molecule has 3 nitrogen and oxygen atoms in total. The second-order valence-corrected chi connectivity index (χ2v) is 4.68. The van der Waals surface area contributed by atoms with E-state index >= 15 is 0 Å². The van der Waals surface area contributed by atoms with Crippen LogP contribution in [-0.2, 0) is 0 Å². The van der Waals surface area contributed by atoms with Crippen molar-refractivity contribution in [2.45, 2.75) is 4.90 Å². The fraction of sp³-hybridized carbons (Fsp3) is 0. The Kier molecular flexibility index (Phi) is 3.78. The first-order valence-corrected chi connectivity index (χ1v) is 5.60. The quantitative estimate of drug-likeness (QED) is 0.390. The van der Waals surface area contributed by atoms with E-state index in [-0.39, 0.29) is 0 Å². The molecule has 0 aromatic carbocycles. The molecular formula is C7H5As2N3S. The maximum absolute atomic E-state index is 7.40. The van der Waals surface area contributed by atoms with Gasteiger partial charge in [0.25, 0.3) is 0 Å². The van der Waals surface area contributed by atoms with Crippen LogP contribution in [0, 0.1) is 10.8 Å². The molecule has 1 heterocycles. The number of pyridine rings is 1. The van der Waals surface area contributed by atoms with Gasteiger partial charge in [-0.05, 0) is 0 Å². The molecule has 0 aliphatic rings. The zero-order valence-corrected chi connectivity index (χ0v) is 11.1. The molecule has 0 fully saturated rings. The minimum atomic E-state index is 0.299. The second kappa shape index (κ2) is 4.45. The predicted molar refractivity (Wildman–Crippen MR) is 57.3 cm³/mol. The molecule has 1 aromatic rings. The number of rotatable bonds is 2. The molecule has 64 valence electrons. The molecule has 0 unspecified atom stereocenters. The summed E-state index contributed by atoms with van der Waals surface area (Å²) >= 11 is 8.63. The van der Waals surface area contributed by atoms with Gasteiger partial charge in [0.2, 0.25) is 0 Å². The summed E-state index contributed by atoms with van der Waals surface area (Å²) in [5, 5.41) is 14.5. The molecular weight excluding hydrogens is 308 g/mol. The molecule has 0 aliphatic carbocycles. The van der Waals surface area contributed by atoms with Crippen molar-refractivity contribution in [1.82, 2.24) is 4.98 Å². The number of nitrogens with zero attached hydrogens (tertiary/aromatic N) is 1. The summed E-state index contributed by atoms with van der Waals surface area (Å²) < 4.78 is 1.14. The van der Waals surface area contributed by atoms with Gasteiger partial charge in [-0.25, -0.2) is 0 Å². The summed E-state index contributed by atoms with van der Waals surface area (Å²) in [6, 6.07) is 1.79. The van der Waals surface area contributed by atoms with E-state index in [4.69, 9.17) is 10.8 Å². The summed E-state index contributed by atoms with van der Waals surface area (Å²) in [5.74, 6) is 0. The third-order valence-electron chi connectivity index (χ3n) is 1.37. The first kappa shape index (κ1) is 11.0. The molecule has 0 aliphatic heterocycles.